The third kappa shape index (κ3) is 5.56. The van der Waals surface area contributed by atoms with Gasteiger partial charge >= 0.3 is 6.18 Å². The van der Waals surface area contributed by atoms with Crippen molar-refractivity contribution in [2.75, 3.05) is 25.1 Å². The molecule has 1 unspecified atom stereocenters. The summed E-state index contributed by atoms with van der Waals surface area (Å²) >= 11 is 5.90. The van der Waals surface area contributed by atoms with Gasteiger partial charge in [-0.25, -0.2) is 9.97 Å². The maximum atomic E-state index is 13.6. The molecular formula is C19H22ClF3N4O. The number of rotatable bonds is 6. The number of nitrogens with one attached hydrogen (secondary N) is 2. The summed E-state index contributed by atoms with van der Waals surface area (Å²) in [5, 5.41) is 6.41. The van der Waals surface area contributed by atoms with Gasteiger partial charge in [-0.1, -0.05) is 17.7 Å². The van der Waals surface area contributed by atoms with Gasteiger partial charge in [0.05, 0.1) is 0 Å². The quantitative estimate of drug-likeness (QED) is 0.698. The molecule has 28 heavy (non-hydrogen) atoms. The predicted octanol–water partition coefficient (Wildman–Crippen LogP) is 4.97. The van der Waals surface area contributed by atoms with E-state index in [1.165, 1.54) is 6.20 Å². The Bertz CT molecular complexity index is 797. The highest BCUT2D eigenvalue weighted by atomic mass is 35.5. The molecule has 0 bridgehead atoms. The Balaban J connectivity index is 1.76. The number of ether oxygens (including phenoxy) is 1. The molecule has 1 atom stereocenters. The van der Waals surface area contributed by atoms with Crippen LogP contribution in [-0.2, 0) is 10.9 Å². The van der Waals surface area contributed by atoms with Gasteiger partial charge in [-0.15, -0.1) is 0 Å². The minimum atomic E-state index is -4.59. The van der Waals surface area contributed by atoms with Crippen LogP contribution in [0.3, 0.4) is 0 Å². The zero-order valence-corrected chi connectivity index (χ0v) is 16.1. The van der Waals surface area contributed by atoms with Gasteiger partial charge < -0.3 is 15.4 Å². The Morgan fingerprint density at radius 3 is 2.71 bits per heavy atom. The van der Waals surface area contributed by atoms with E-state index in [9.17, 15) is 13.2 Å². The largest absolute Gasteiger partial charge is 0.433 e. The van der Waals surface area contributed by atoms with Crippen molar-refractivity contribution in [3.8, 4) is 0 Å². The fourth-order valence-electron chi connectivity index (χ4n) is 3.09. The van der Waals surface area contributed by atoms with Crippen molar-refractivity contribution < 1.29 is 17.9 Å². The Kier molecular flexibility index (Phi) is 6.74. The van der Waals surface area contributed by atoms with E-state index in [4.69, 9.17) is 16.3 Å². The van der Waals surface area contributed by atoms with Crippen LogP contribution in [0, 0.1) is 5.92 Å². The lowest BCUT2D eigenvalue weighted by molar-refractivity contribution is -0.142. The standard InChI is InChI=1S/C19H22ClF3N4O/c1-12(24-10-13-5-7-28-8-6-13)16-11-25-18(27-17(16)19(21,22)23)26-15-4-2-3-14(20)9-15/h2-4,9,11-13,24H,5-8,10H2,1H3,(H,25,26,27). The molecule has 1 fully saturated rings. The fraction of sp³-hybridized carbons (Fsp3) is 0.474. The van der Waals surface area contributed by atoms with E-state index < -0.39 is 17.9 Å². The van der Waals surface area contributed by atoms with Gasteiger partial charge in [0.1, 0.15) is 0 Å². The Hall–Kier alpha value is -1.90. The first kappa shape index (κ1) is 20.8. The molecule has 1 aliphatic heterocycles. The number of nitrogens with zero attached hydrogens (tertiary/aromatic N) is 2. The number of hydrogen-bond acceptors (Lipinski definition) is 5. The minimum Gasteiger partial charge on any atom is -0.381 e. The number of benzene rings is 1. The van der Waals surface area contributed by atoms with Gasteiger partial charge in [0.2, 0.25) is 5.95 Å². The van der Waals surface area contributed by atoms with Gasteiger partial charge in [-0.3, -0.25) is 0 Å². The summed E-state index contributed by atoms with van der Waals surface area (Å²) in [6.45, 7) is 3.71. The zero-order chi connectivity index (χ0) is 20.1. The van der Waals surface area contributed by atoms with Crippen molar-refractivity contribution in [2.45, 2.75) is 32.0 Å². The highest BCUT2D eigenvalue weighted by Gasteiger charge is 2.37. The molecule has 0 amide bonds. The first-order valence-corrected chi connectivity index (χ1v) is 9.48. The summed E-state index contributed by atoms with van der Waals surface area (Å²) in [5.74, 6) is 0.269. The third-order valence-corrected chi connectivity index (χ3v) is 4.92. The van der Waals surface area contributed by atoms with Gasteiger partial charge in [-0.05, 0) is 50.4 Å². The van der Waals surface area contributed by atoms with Crippen molar-refractivity contribution in [3.63, 3.8) is 0 Å². The molecule has 0 spiro atoms. The van der Waals surface area contributed by atoms with E-state index >= 15 is 0 Å². The third-order valence-electron chi connectivity index (χ3n) is 4.69. The summed E-state index contributed by atoms with van der Waals surface area (Å²) in [6, 6.07) is 6.09. The smallest absolute Gasteiger partial charge is 0.381 e. The molecule has 1 saturated heterocycles. The molecule has 2 N–H and O–H groups in total. The van der Waals surface area contributed by atoms with Crippen LogP contribution in [0.25, 0.3) is 0 Å². The molecule has 1 aromatic heterocycles. The Morgan fingerprint density at radius 2 is 2.04 bits per heavy atom. The summed E-state index contributed by atoms with van der Waals surface area (Å²) in [5.41, 5.74) is -0.408. The molecule has 5 nitrogen and oxygen atoms in total. The molecule has 3 rings (SSSR count). The van der Waals surface area contributed by atoms with Crippen LogP contribution in [0.4, 0.5) is 24.8 Å². The lowest BCUT2D eigenvalue weighted by Crippen LogP contribution is -2.31. The Labute approximate surface area is 166 Å². The Morgan fingerprint density at radius 1 is 1.29 bits per heavy atom. The lowest BCUT2D eigenvalue weighted by atomic mass is 9.99. The van der Waals surface area contributed by atoms with E-state index in [0.29, 0.717) is 36.4 Å². The minimum absolute atomic E-state index is 0.0243. The molecule has 0 aliphatic carbocycles. The topological polar surface area (TPSA) is 59.1 Å². The van der Waals surface area contributed by atoms with Crippen molar-refractivity contribution >= 4 is 23.2 Å². The second kappa shape index (κ2) is 9.07. The molecule has 2 aromatic rings. The van der Waals surface area contributed by atoms with Gasteiger partial charge in [0, 0.05) is 41.7 Å². The monoisotopic (exact) mass is 414 g/mol. The van der Waals surface area contributed by atoms with Gasteiger partial charge in [-0.2, -0.15) is 13.2 Å². The first-order valence-electron chi connectivity index (χ1n) is 9.11. The molecule has 0 saturated carbocycles. The van der Waals surface area contributed by atoms with E-state index in [1.807, 2.05) is 0 Å². The number of anilines is 2. The number of halogens is 4. The summed E-state index contributed by atoms with van der Waals surface area (Å²) < 4.78 is 46.1. The number of hydrogen-bond donors (Lipinski definition) is 2. The molecule has 1 aliphatic rings. The summed E-state index contributed by atoms with van der Waals surface area (Å²) in [4.78, 5) is 7.80. The first-order chi connectivity index (χ1) is 13.3. The highest BCUT2D eigenvalue weighted by Crippen LogP contribution is 2.34. The van der Waals surface area contributed by atoms with Crippen LogP contribution >= 0.6 is 11.6 Å². The molecule has 152 valence electrons. The molecular weight excluding hydrogens is 393 g/mol. The van der Waals surface area contributed by atoms with E-state index in [0.717, 1.165) is 12.8 Å². The highest BCUT2D eigenvalue weighted by molar-refractivity contribution is 6.30. The van der Waals surface area contributed by atoms with Crippen LogP contribution in [0.2, 0.25) is 5.02 Å². The fourth-order valence-corrected chi connectivity index (χ4v) is 3.28. The normalized spacial score (nSPS) is 16.8. The van der Waals surface area contributed by atoms with E-state index in [-0.39, 0.29) is 11.5 Å². The predicted molar refractivity (Wildman–Crippen MR) is 102 cm³/mol. The van der Waals surface area contributed by atoms with Crippen molar-refractivity contribution in [1.82, 2.24) is 15.3 Å². The maximum Gasteiger partial charge on any atom is 0.433 e. The molecule has 2 heterocycles. The second-order valence-electron chi connectivity index (χ2n) is 6.82. The maximum absolute atomic E-state index is 13.6. The van der Waals surface area contributed by atoms with Crippen LogP contribution < -0.4 is 10.6 Å². The average molecular weight is 415 g/mol. The molecule has 9 heteroatoms. The lowest BCUT2D eigenvalue weighted by Gasteiger charge is -2.25. The second-order valence-corrected chi connectivity index (χ2v) is 7.25. The molecule has 0 radical (unpaired) electrons. The summed E-state index contributed by atoms with van der Waals surface area (Å²) in [6.07, 6.45) is -1.54. The van der Waals surface area contributed by atoms with Crippen LogP contribution in [0.1, 0.15) is 37.1 Å². The van der Waals surface area contributed by atoms with Crippen molar-refractivity contribution in [2.24, 2.45) is 5.92 Å². The van der Waals surface area contributed by atoms with Crippen molar-refractivity contribution in [1.29, 1.82) is 0 Å². The van der Waals surface area contributed by atoms with Crippen LogP contribution in [-0.4, -0.2) is 29.7 Å². The number of alkyl halides is 3. The van der Waals surface area contributed by atoms with Gasteiger partial charge in [0.15, 0.2) is 5.69 Å². The van der Waals surface area contributed by atoms with Crippen molar-refractivity contribution in [3.05, 3.63) is 46.7 Å². The van der Waals surface area contributed by atoms with E-state index in [1.54, 1.807) is 31.2 Å². The number of aromatic nitrogens is 2. The average Bonchev–Trinajstić information content (AvgIpc) is 2.66. The van der Waals surface area contributed by atoms with Crippen LogP contribution in [0.15, 0.2) is 30.5 Å². The molecule has 1 aromatic carbocycles. The summed E-state index contributed by atoms with van der Waals surface area (Å²) in [7, 11) is 0. The zero-order valence-electron chi connectivity index (χ0n) is 15.4. The van der Waals surface area contributed by atoms with E-state index in [2.05, 4.69) is 20.6 Å². The SMILES string of the molecule is CC(NCC1CCOCC1)c1cnc(Nc2cccc(Cl)c2)nc1C(F)(F)F. The van der Waals surface area contributed by atoms with Gasteiger partial charge in [0.25, 0.3) is 0 Å². The van der Waals surface area contributed by atoms with Crippen LogP contribution in [0.5, 0.6) is 0 Å².